The highest BCUT2D eigenvalue weighted by Gasteiger charge is 2.39. The van der Waals surface area contributed by atoms with Crippen molar-refractivity contribution in [1.82, 2.24) is 0 Å². The van der Waals surface area contributed by atoms with E-state index in [1.807, 2.05) is 5.94 Å². The van der Waals surface area contributed by atoms with Gasteiger partial charge >= 0.3 is 0 Å². The van der Waals surface area contributed by atoms with Gasteiger partial charge < -0.3 is 0 Å². The van der Waals surface area contributed by atoms with E-state index in [1.54, 1.807) is 6.08 Å². The van der Waals surface area contributed by atoms with Crippen LogP contribution >= 0.6 is 0 Å². The van der Waals surface area contributed by atoms with Crippen LogP contribution in [-0.2, 0) is 4.79 Å². The second-order valence-corrected chi connectivity index (χ2v) is 5.48. The molecule has 0 heterocycles. The Hall–Kier alpha value is -1.07. The van der Waals surface area contributed by atoms with Gasteiger partial charge in [0.2, 0.25) is 0 Å². The van der Waals surface area contributed by atoms with E-state index in [-0.39, 0.29) is 5.41 Å². The Morgan fingerprint density at radius 1 is 1.38 bits per heavy atom. The standard InChI is InChI=1S/C15H22O/c1-11(2)13-6-7-15(5,8-9-16)14(10-13)12(3)4/h8,13-14H,1,3,6-7,10H2,2,4-5H3. The van der Waals surface area contributed by atoms with Crippen LogP contribution < -0.4 is 0 Å². The minimum Gasteiger partial charge on any atom is -0.234 e. The van der Waals surface area contributed by atoms with Crippen molar-refractivity contribution in [2.45, 2.75) is 40.0 Å². The molecule has 0 saturated heterocycles. The van der Waals surface area contributed by atoms with Crippen molar-refractivity contribution in [2.75, 3.05) is 0 Å². The molecule has 1 rings (SSSR count). The maximum Gasteiger partial charge on any atom is 0.120 e. The first-order chi connectivity index (χ1) is 7.40. The van der Waals surface area contributed by atoms with Crippen molar-refractivity contribution in [1.29, 1.82) is 0 Å². The summed E-state index contributed by atoms with van der Waals surface area (Å²) in [7, 11) is 0. The number of allylic oxidation sites excluding steroid dienone is 3. The molecular formula is C15H22O. The molecule has 0 amide bonds. The van der Waals surface area contributed by atoms with E-state index in [4.69, 9.17) is 0 Å². The lowest BCUT2D eigenvalue weighted by Crippen LogP contribution is -2.33. The molecule has 0 spiro atoms. The molecule has 1 heteroatoms. The van der Waals surface area contributed by atoms with Crippen LogP contribution in [-0.4, -0.2) is 5.94 Å². The predicted octanol–water partition coefficient (Wildman–Crippen LogP) is 3.95. The van der Waals surface area contributed by atoms with Crippen molar-refractivity contribution >= 4 is 5.94 Å². The summed E-state index contributed by atoms with van der Waals surface area (Å²) >= 11 is 0. The maximum atomic E-state index is 10.6. The molecule has 0 aromatic rings. The Morgan fingerprint density at radius 3 is 2.44 bits per heavy atom. The van der Waals surface area contributed by atoms with Gasteiger partial charge in [0.15, 0.2) is 0 Å². The summed E-state index contributed by atoms with van der Waals surface area (Å²) in [6, 6.07) is 0. The average molecular weight is 218 g/mol. The molecule has 0 radical (unpaired) electrons. The van der Waals surface area contributed by atoms with Crippen LogP contribution in [0.3, 0.4) is 0 Å². The minimum absolute atomic E-state index is 0.0560. The molecule has 3 unspecified atom stereocenters. The van der Waals surface area contributed by atoms with Crippen LogP contribution in [0.5, 0.6) is 0 Å². The maximum absolute atomic E-state index is 10.6. The van der Waals surface area contributed by atoms with Crippen LogP contribution in [0.4, 0.5) is 0 Å². The van der Waals surface area contributed by atoms with E-state index in [1.165, 1.54) is 11.1 Å². The molecule has 1 saturated carbocycles. The molecule has 0 aliphatic heterocycles. The van der Waals surface area contributed by atoms with Gasteiger partial charge in [-0.3, -0.25) is 0 Å². The molecule has 0 aromatic heterocycles. The fourth-order valence-corrected chi connectivity index (χ4v) is 2.85. The van der Waals surface area contributed by atoms with Crippen molar-refractivity contribution in [3.05, 3.63) is 30.4 Å². The van der Waals surface area contributed by atoms with Gasteiger partial charge in [-0.2, -0.15) is 0 Å². The van der Waals surface area contributed by atoms with E-state index in [2.05, 4.69) is 33.9 Å². The lowest BCUT2D eigenvalue weighted by atomic mass is 9.61. The number of rotatable bonds is 3. The monoisotopic (exact) mass is 218 g/mol. The van der Waals surface area contributed by atoms with E-state index >= 15 is 0 Å². The fourth-order valence-electron chi connectivity index (χ4n) is 2.85. The number of carbonyl (C=O) groups excluding carboxylic acids is 1. The highest BCUT2D eigenvalue weighted by Crippen LogP contribution is 2.48. The topological polar surface area (TPSA) is 17.1 Å². The third kappa shape index (κ3) is 2.54. The molecule has 1 aliphatic rings. The van der Waals surface area contributed by atoms with E-state index in [9.17, 15) is 4.79 Å². The first-order valence-corrected chi connectivity index (χ1v) is 5.93. The fraction of sp³-hybridized carbons (Fsp3) is 0.600. The van der Waals surface area contributed by atoms with E-state index in [0.29, 0.717) is 11.8 Å². The molecule has 3 atom stereocenters. The first-order valence-electron chi connectivity index (χ1n) is 5.93. The summed E-state index contributed by atoms with van der Waals surface area (Å²) in [4.78, 5) is 10.6. The zero-order valence-electron chi connectivity index (χ0n) is 10.7. The predicted molar refractivity (Wildman–Crippen MR) is 68.8 cm³/mol. The quantitative estimate of drug-likeness (QED) is 0.518. The van der Waals surface area contributed by atoms with Gasteiger partial charge in [0.1, 0.15) is 5.94 Å². The molecule has 0 aromatic carbocycles. The van der Waals surface area contributed by atoms with Crippen LogP contribution in [0.1, 0.15) is 40.0 Å². The summed E-state index contributed by atoms with van der Waals surface area (Å²) in [5, 5.41) is 0. The summed E-state index contributed by atoms with van der Waals surface area (Å²) in [6.07, 6.45) is 4.91. The zero-order valence-corrected chi connectivity index (χ0v) is 10.7. The number of hydrogen-bond donors (Lipinski definition) is 0. The summed E-state index contributed by atoms with van der Waals surface area (Å²) in [5.74, 6) is 2.93. The normalized spacial score (nSPS) is 33.9. The van der Waals surface area contributed by atoms with Gasteiger partial charge in [0.05, 0.1) is 0 Å². The Morgan fingerprint density at radius 2 is 2.00 bits per heavy atom. The van der Waals surface area contributed by atoms with E-state index in [0.717, 1.165) is 19.3 Å². The van der Waals surface area contributed by atoms with Crippen LogP contribution in [0.15, 0.2) is 30.4 Å². The van der Waals surface area contributed by atoms with Crippen LogP contribution in [0, 0.1) is 17.3 Å². The molecular weight excluding hydrogens is 196 g/mol. The average Bonchev–Trinajstić information content (AvgIpc) is 2.17. The Balaban J connectivity index is 2.95. The summed E-state index contributed by atoms with van der Waals surface area (Å²) < 4.78 is 0. The van der Waals surface area contributed by atoms with Crippen molar-refractivity contribution in [3.63, 3.8) is 0 Å². The second kappa shape index (κ2) is 4.84. The van der Waals surface area contributed by atoms with Crippen molar-refractivity contribution in [3.8, 4) is 0 Å². The minimum atomic E-state index is -0.0560. The molecule has 1 fully saturated rings. The number of hydrogen-bond acceptors (Lipinski definition) is 1. The molecule has 0 bridgehead atoms. The Labute approximate surface area is 98.9 Å². The van der Waals surface area contributed by atoms with E-state index < -0.39 is 0 Å². The van der Waals surface area contributed by atoms with Gasteiger partial charge in [0.25, 0.3) is 0 Å². The van der Waals surface area contributed by atoms with Crippen molar-refractivity contribution < 1.29 is 4.79 Å². The third-order valence-electron chi connectivity index (χ3n) is 4.03. The van der Waals surface area contributed by atoms with Gasteiger partial charge in [-0.15, -0.1) is 0 Å². The summed E-state index contributed by atoms with van der Waals surface area (Å²) in [6.45, 7) is 14.4. The molecule has 1 aliphatic carbocycles. The smallest absolute Gasteiger partial charge is 0.120 e. The second-order valence-electron chi connectivity index (χ2n) is 5.48. The lowest BCUT2D eigenvalue weighted by Gasteiger charge is -2.42. The molecule has 16 heavy (non-hydrogen) atoms. The van der Waals surface area contributed by atoms with Crippen LogP contribution in [0.2, 0.25) is 0 Å². The Bertz CT molecular complexity index is 346. The zero-order chi connectivity index (χ0) is 12.3. The highest BCUT2D eigenvalue weighted by atomic mass is 16.1. The SMILES string of the molecule is C=C(C)C1CCC(C)(C=C=O)C(C(=C)C)C1. The van der Waals surface area contributed by atoms with Gasteiger partial charge in [-0.25, -0.2) is 4.79 Å². The largest absolute Gasteiger partial charge is 0.234 e. The van der Waals surface area contributed by atoms with Gasteiger partial charge in [0, 0.05) is 11.5 Å². The highest BCUT2D eigenvalue weighted by molar-refractivity contribution is 5.47. The first kappa shape index (κ1) is 13.0. The van der Waals surface area contributed by atoms with Gasteiger partial charge in [-0.1, -0.05) is 31.2 Å². The molecule has 0 N–H and O–H groups in total. The van der Waals surface area contributed by atoms with Gasteiger partial charge in [-0.05, 0) is 44.9 Å². The van der Waals surface area contributed by atoms with Crippen molar-refractivity contribution in [2.24, 2.45) is 17.3 Å². The third-order valence-corrected chi connectivity index (χ3v) is 4.03. The Kier molecular flexibility index (Phi) is 3.93. The molecule has 88 valence electrons. The molecule has 1 nitrogen and oxygen atoms in total. The summed E-state index contributed by atoms with van der Waals surface area (Å²) in [5.41, 5.74) is 2.36. The lowest BCUT2D eigenvalue weighted by molar-refractivity contribution is 0.170. The van der Waals surface area contributed by atoms with Crippen LogP contribution in [0.25, 0.3) is 0 Å².